The minimum atomic E-state index is -2.39. The highest BCUT2D eigenvalue weighted by Crippen LogP contribution is 2.36. The van der Waals surface area contributed by atoms with Gasteiger partial charge in [0.15, 0.2) is 12.2 Å². The first kappa shape index (κ1) is 29.8. The zero-order valence-corrected chi connectivity index (χ0v) is 20.4. The molecule has 0 aromatic rings. The molecule has 0 aliphatic carbocycles. The van der Waals surface area contributed by atoms with Crippen LogP contribution in [0.15, 0.2) is 0 Å². The van der Waals surface area contributed by atoms with Gasteiger partial charge in [0.05, 0.1) is 12.5 Å². The van der Waals surface area contributed by atoms with E-state index in [1.54, 1.807) is 0 Å². The maximum Gasteiger partial charge on any atom is 0.364 e. The fraction of sp³-hybridized carbons (Fsp3) is 0.714. The van der Waals surface area contributed by atoms with E-state index in [4.69, 9.17) is 28.4 Å². The molecule has 0 radical (unpaired) electrons. The lowest BCUT2D eigenvalue weighted by Crippen LogP contribution is -2.69. The number of ether oxygens (including phenoxy) is 6. The van der Waals surface area contributed by atoms with Crippen molar-refractivity contribution in [1.29, 1.82) is 0 Å². The Hall–Kier alpha value is -3.26. The molecule has 1 rings (SSSR count). The van der Waals surface area contributed by atoms with Gasteiger partial charge in [0.2, 0.25) is 5.91 Å². The number of esters is 4. The first-order chi connectivity index (χ1) is 16.2. The molecular weight excluding hydrogens is 474 g/mol. The summed E-state index contributed by atoms with van der Waals surface area (Å²) >= 11 is 0. The van der Waals surface area contributed by atoms with Crippen LogP contribution in [-0.4, -0.2) is 90.3 Å². The molecule has 1 heterocycles. The second-order valence-corrected chi connectivity index (χ2v) is 7.68. The van der Waals surface area contributed by atoms with Crippen molar-refractivity contribution in [3.05, 3.63) is 0 Å². The zero-order valence-electron chi connectivity index (χ0n) is 20.4. The lowest BCUT2D eigenvalue weighted by Gasteiger charge is -2.48. The summed E-state index contributed by atoms with van der Waals surface area (Å²) in [4.78, 5) is 71.2. The van der Waals surface area contributed by atoms with E-state index >= 15 is 0 Å². The predicted molar refractivity (Wildman–Crippen MR) is 112 cm³/mol. The molecule has 0 unspecified atom stereocenters. The summed E-state index contributed by atoms with van der Waals surface area (Å²) in [5.74, 6) is -7.90. The topological polar surface area (TPSA) is 190 Å². The lowest BCUT2D eigenvalue weighted by atomic mass is 9.88. The normalized spacial score (nSPS) is 25.4. The molecular formula is C21H31NO13. The summed E-state index contributed by atoms with van der Waals surface area (Å²) < 4.78 is 31.9. The third kappa shape index (κ3) is 8.79. The Morgan fingerprint density at radius 3 is 2.00 bits per heavy atom. The average molecular weight is 505 g/mol. The van der Waals surface area contributed by atoms with Crippen molar-refractivity contribution in [3.63, 3.8) is 0 Å². The van der Waals surface area contributed by atoms with Gasteiger partial charge >= 0.3 is 29.8 Å². The summed E-state index contributed by atoms with van der Waals surface area (Å²) in [5, 5.41) is 12.4. The number of carbonyl (C=O) groups is 6. The molecule has 1 amide bonds. The number of carboxylic acid groups (broad SMARTS) is 1. The number of carbonyl (C=O) groups excluding carboxylic acids is 5. The quantitative estimate of drug-likeness (QED) is 0.269. The molecule has 0 spiro atoms. The van der Waals surface area contributed by atoms with Gasteiger partial charge in [-0.2, -0.15) is 0 Å². The first-order valence-electron chi connectivity index (χ1n) is 10.7. The molecule has 2 N–H and O–H groups in total. The van der Waals surface area contributed by atoms with Crippen LogP contribution in [0.2, 0.25) is 0 Å². The Kier molecular flexibility index (Phi) is 11.1. The molecule has 1 saturated heterocycles. The summed E-state index contributed by atoms with van der Waals surface area (Å²) in [6, 6.07) is -1.29. The summed E-state index contributed by atoms with van der Waals surface area (Å²) in [7, 11) is 0. The van der Waals surface area contributed by atoms with Crippen molar-refractivity contribution in [1.82, 2.24) is 5.32 Å². The predicted octanol–water partition coefficient (Wildman–Crippen LogP) is -0.544. The Morgan fingerprint density at radius 2 is 1.57 bits per heavy atom. The van der Waals surface area contributed by atoms with E-state index in [-0.39, 0.29) is 6.61 Å². The number of aliphatic carboxylic acids is 1. The highest BCUT2D eigenvalue weighted by atomic mass is 16.7. The van der Waals surface area contributed by atoms with E-state index in [0.29, 0.717) is 0 Å². The molecule has 0 saturated carbocycles. The van der Waals surface area contributed by atoms with Gasteiger partial charge in [-0.15, -0.1) is 0 Å². The van der Waals surface area contributed by atoms with Crippen LogP contribution in [0.3, 0.4) is 0 Å². The van der Waals surface area contributed by atoms with Crippen LogP contribution in [0, 0.1) is 0 Å². The molecule has 14 heteroatoms. The second-order valence-electron chi connectivity index (χ2n) is 7.68. The number of nitrogens with one attached hydrogen (secondary N) is 1. The molecule has 1 fully saturated rings. The van der Waals surface area contributed by atoms with Gasteiger partial charge in [0.25, 0.3) is 5.79 Å². The Balaban J connectivity index is 3.71. The van der Waals surface area contributed by atoms with Crippen LogP contribution in [0.5, 0.6) is 0 Å². The van der Waals surface area contributed by atoms with Crippen molar-refractivity contribution < 1.29 is 62.3 Å². The maximum atomic E-state index is 12.2. The van der Waals surface area contributed by atoms with Crippen molar-refractivity contribution in [2.75, 3.05) is 13.2 Å². The summed E-state index contributed by atoms with van der Waals surface area (Å²) in [6.07, 6.45) is -6.60. The minimum absolute atomic E-state index is 0.143. The Bertz CT molecular complexity index is 828. The van der Waals surface area contributed by atoms with E-state index in [9.17, 15) is 33.9 Å². The number of hydrogen-bond acceptors (Lipinski definition) is 12. The molecule has 198 valence electrons. The minimum Gasteiger partial charge on any atom is -0.477 e. The van der Waals surface area contributed by atoms with E-state index < -0.39 is 85.0 Å². The van der Waals surface area contributed by atoms with Gasteiger partial charge in [-0.05, 0) is 6.92 Å². The van der Waals surface area contributed by atoms with Crippen LogP contribution in [-0.2, 0) is 57.2 Å². The molecule has 35 heavy (non-hydrogen) atoms. The van der Waals surface area contributed by atoms with Crippen molar-refractivity contribution in [2.24, 2.45) is 0 Å². The molecule has 0 aromatic carbocycles. The number of rotatable bonds is 11. The zero-order chi connectivity index (χ0) is 26.9. The fourth-order valence-corrected chi connectivity index (χ4v) is 3.63. The monoisotopic (exact) mass is 505 g/mol. The van der Waals surface area contributed by atoms with Crippen LogP contribution >= 0.6 is 0 Å². The fourth-order valence-electron chi connectivity index (χ4n) is 3.63. The summed E-state index contributed by atoms with van der Waals surface area (Å²) in [5.41, 5.74) is 0. The maximum absolute atomic E-state index is 12.2. The molecule has 1 aliphatic rings. The average Bonchev–Trinajstić information content (AvgIpc) is 2.70. The standard InChI is InChI=1S/C21H31NO13/c1-7-31-21(20(28)29)8-15(32-12(4)25)17(22-10(2)23)19(35-21)18(34-14(6)27)16(33-13(5)26)9-30-11(3)24/h15-19H,7-9H2,1-6H3,(H,22,23)(H,28,29)/t15-,16+,17+,18+,19+,21-/m0/s1. The van der Waals surface area contributed by atoms with Gasteiger partial charge in [-0.1, -0.05) is 0 Å². The largest absolute Gasteiger partial charge is 0.477 e. The van der Waals surface area contributed by atoms with Crippen LogP contribution in [0.25, 0.3) is 0 Å². The van der Waals surface area contributed by atoms with E-state index in [0.717, 1.165) is 34.6 Å². The molecule has 0 aromatic heterocycles. The first-order valence-corrected chi connectivity index (χ1v) is 10.7. The lowest BCUT2D eigenvalue weighted by molar-refractivity contribution is -0.312. The third-order valence-electron chi connectivity index (χ3n) is 4.70. The van der Waals surface area contributed by atoms with E-state index in [1.807, 2.05) is 0 Å². The van der Waals surface area contributed by atoms with Gasteiger partial charge in [-0.3, -0.25) is 24.0 Å². The third-order valence-corrected chi connectivity index (χ3v) is 4.70. The number of amides is 1. The second kappa shape index (κ2) is 13.0. The van der Waals surface area contributed by atoms with E-state index in [2.05, 4.69) is 5.32 Å². The molecule has 6 atom stereocenters. The van der Waals surface area contributed by atoms with Gasteiger partial charge < -0.3 is 38.8 Å². The SMILES string of the molecule is CCO[C@@]1(C(=O)O)C[C@H](OC(C)=O)[C@@H](NC(C)=O)[C@H]([C@H](OC(C)=O)[C@@H](COC(C)=O)OC(C)=O)O1. The van der Waals surface area contributed by atoms with Gasteiger partial charge in [0.1, 0.15) is 18.8 Å². The Labute approximate surface area is 201 Å². The van der Waals surface area contributed by atoms with Crippen molar-refractivity contribution in [2.45, 2.75) is 84.2 Å². The van der Waals surface area contributed by atoms with Gasteiger partial charge in [0, 0.05) is 41.2 Å². The van der Waals surface area contributed by atoms with Crippen LogP contribution in [0.4, 0.5) is 0 Å². The highest BCUT2D eigenvalue weighted by Gasteiger charge is 2.58. The van der Waals surface area contributed by atoms with Crippen molar-refractivity contribution in [3.8, 4) is 0 Å². The molecule has 1 aliphatic heterocycles. The molecule has 0 bridgehead atoms. The smallest absolute Gasteiger partial charge is 0.364 e. The van der Waals surface area contributed by atoms with Crippen LogP contribution < -0.4 is 5.32 Å². The number of hydrogen-bond donors (Lipinski definition) is 2. The number of carboxylic acids is 1. The van der Waals surface area contributed by atoms with E-state index in [1.165, 1.54) is 6.92 Å². The Morgan fingerprint density at radius 1 is 0.971 bits per heavy atom. The summed E-state index contributed by atoms with van der Waals surface area (Å²) in [6.45, 7) is 6.12. The van der Waals surface area contributed by atoms with Gasteiger partial charge in [-0.25, -0.2) is 4.79 Å². The van der Waals surface area contributed by atoms with Crippen molar-refractivity contribution >= 4 is 35.8 Å². The molecule has 14 nitrogen and oxygen atoms in total. The van der Waals surface area contributed by atoms with Crippen LogP contribution in [0.1, 0.15) is 48.0 Å². The highest BCUT2D eigenvalue weighted by molar-refractivity contribution is 5.77.